The molecule has 0 saturated carbocycles. The molecule has 0 saturated heterocycles. The van der Waals surface area contributed by atoms with Crippen molar-refractivity contribution in [1.29, 1.82) is 0 Å². The summed E-state index contributed by atoms with van der Waals surface area (Å²) in [6.45, 7) is 18.3. The Bertz CT molecular complexity index is 209. The van der Waals surface area contributed by atoms with Gasteiger partial charge >= 0.3 is 0 Å². The van der Waals surface area contributed by atoms with E-state index in [-0.39, 0.29) is 9.52 Å². The number of hydrogen-bond acceptors (Lipinski definition) is 2. The smallest absolute Gasteiger partial charge is 0.0659 e. The van der Waals surface area contributed by atoms with Crippen LogP contribution in [0.2, 0.25) is 6.04 Å². The standard InChI is InChI=1S/C15H34N2Si/c1-7-16(8-2)15(17(9-3)10-4)12-14(6)13-18-11-5/h13,15H,7-12,18H2,1-6H3. The lowest BCUT2D eigenvalue weighted by molar-refractivity contribution is 0.0570. The fourth-order valence-corrected chi connectivity index (χ4v) is 3.49. The second-order valence-corrected chi connectivity index (χ2v) is 6.95. The molecule has 0 atom stereocenters. The van der Waals surface area contributed by atoms with Crippen LogP contribution in [0.1, 0.15) is 48.0 Å². The van der Waals surface area contributed by atoms with Gasteiger partial charge < -0.3 is 0 Å². The fraction of sp³-hybridized carbons (Fsp3) is 0.867. The summed E-state index contributed by atoms with van der Waals surface area (Å²) in [5.41, 5.74) is 4.16. The highest BCUT2D eigenvalue weighted by Crippen LogP contribution is 2.15. The highest BCUT2D eigenvalue weighted by Gasteiger charge is 2.21. The Labute approximate surface area is 117 Å². The number of nitrogens with zero attached hydrogens (tertiary/aromatic N) is 2. The second kappa shape index (κ2) is 10.8. The zero-order chi connectivity index (χ0) is 14.0. The van der Waals surface area contributed by atoms with E-state index in [0.717, 1.165) is 26.2 Å². The summed E-state index contributed by atoms with van der Waals surface area (Å²) in [6.07, 6.45) is 1.81. The lowest BCUT2D eigenvalue weighted by Crippen LogP contribution is -2.48. The largest absolute Gasteiger partial charge is 0.288 e. The van der Waals surface area contributed by atoms with Crippen molar-refractivity contribution < 1.29 is 0 Å². The maximum Gasteiger partial charge on any atom is 0.0659 e. The van der Waals surface area contributed by atoms with Gasteiger partial charge in [0.1, 0.15) is 0 Å². The quantitative estimate of drug-likeness (QED) is 0.445. The van der Waals surface area contributed by atoms with Crippen LogP contribution in [0.5, 0.6) is 0 Å². The molecular weight excluding hydrogens is 236 g/mol. The zero-order valence-corrected chi connectivity index (χ0v) is 14.9. The molecule has 18 heavy (non-hydrogen) atoms. The molecular formula is C15H34N2Si. The van der Waals surface area contributed by atoms with Crippen molar-refractivity contribution in [2.45, 2.75) is 60.2 Å². The molecule has 0 N–H and O–H groups in total. The molecule has 0 aliphatic heterocycles. The minimum Gasteiger partial charge on any atom is -0.288 e. The zero-order valence-electron chi connectivity index (χ0n) is 13.5. The Morgan fingerprint density at radius 3 is 1.72 bits per heavy atom. The molecule has 108 valence electrons. The molecule has 0 unspecified atom stereocenters. The predicted octanol–water partition coefficient (Wildman–Crippen LogP) is 2.90. The maximum absolute atomic E-state index is 2.60. The molecule has 0 aromatic rings. The van der Waals surface area contributed by atoms with Crippen LogP contribution in [0.4, 0.5) is 0 Å². The summed E-state index contributed by atoms with van der Waals surface area (Å²) in [5, 5.41) is 0. The summed E-state index contributed by atoms with van der Waals surface area (Å²) in [4.78, 5) is 5.19. The first kappa shape index (κ1) is 17.9. The van der Waals surface area contributed by atoms with Crippen molar-refractivity contribution in [3.63, 3.8) is 0 Å². The Morgan fingerprint density at radius 2 is 1.39 bits per heavy atom. The molecule has 0 aliphatic rings. The van der Waals surface area contributed by atoms with Gasteiger partial charge in [0.25, 0.3) is 0 Å². The lowest BCUT2D eigenvalue weighted by Gasteiger charge is -2.38. The summed E-state index contributed by atoms with van der Waals surface area (Å²) in [6, 6.07) is 1.39. The van der Waals surface area contributed by atoms with Crippen LogP contribution in [-0.4, -0.2) is 51.7 Å². The minimum atomic E-state index is 0.0579. The summed E-state index contributed by atoms with van der Waals surface area (Å²) in [7, 11) is 0.0579. The molecule has 0 rings (SSSR count). The average Bonchev–Trinajstić information content (AvgIpc) is 2.39. The Hall–Kier alpha value is -0.123. The van der Waals surface area contributed by atoms with Gasteiger partial charge in [-0.2, -0.15) is 0 Å². The summed E-state index contributed by atoms with van der Waals surface area (Å²) in [5.74, 6) is 0. The van der Waals surface area contributed by atoms with E-state index in [1.54, 1.807) is 5.57 Å². The van der Waals surface area contributed by atoms with Gasteiger partial charge in [0.2, 0.25) is 0 Å². The van der Waals surface area contributed by atoms with Crippen LogP contribution in [-0.2, 0) is 0 Å². The Morgan fingerprint density at radius 1 is 0.944 bits per heavy atom. The molecule has 0 radical (unpaired) electrons. The van der Waals surface area contributed by atoms with Crippen molar-refractivity contribution in [2.75, 3.05) is 26.2 Å². The van der Waals surface area contributed by atoms with Gasteiger partial charge in [0.05, 0.1) is 6.17 Å². The summed E-state index contributed by atoms with van der Waals surface area (Å²) >= 11 is 0. The van der Waals surface area contributed by atoms with Gasteiger partial charge in [0.15, 0.2) is 0 Å². The van der Waals surface area contributed by atoms with E-state index in [9.17, 15) is 0 Å². The van der Waals surface area contributed by atoms with Crippen LogP contribution in [0, 0.1) is 0 Å². The Kier molecular flexibility index (Phi) is 10.7. The first-order valence-corrected chi connectivity index (χ1v) is 9.59. The normalized spacial score (nSPS) is 13.7. The average molecular weight is 271 g/mol. The van der Waals surface area contributed by atoms with Gasteiger partial charge in [0, 0.05) is 9.52 Å². The van der Waals surface area contributed by atoms with Crippen LogP contribution < -0.4 is 0 Å². The van der Waals surface area contributed by atoms with E-state index in [2.05, 4.69) is 57.0 Å². The highest BCUT2D eigenvalue weighted by atomic mass is 28.2. The van der Waals surface area contributed by atoms with Crippen molar-refractivity contribution in [3.8, 4) is 0 Å². The Balaban J connectivity index is 4.74. The van der Waals surface area contributed by atoms with Crippen LogP contribution in [0.25, 0.3) is 0 Å². The van der Waals surface area contributed by atoms with Crippen molar-refractivity contribution in [2.24, 2.45) is 0 Å². The predicted molar refractivity (Wildman–Crippen MR) is 87.0 cm³/mol. The van der Waals surface area contributed by atoms with Gasteiger partial charge in [-0.05, 0) is 39.5 Å². The van der Waals surface area contributed by atoms with Crippen molar-refractivity contribution in [1.82, 2.24) is 9.80 Å². The third kappa shape index (κ3) is 6.16. The van der Waals surface area contributed by atoms with E-state index < -0.39 is 0 Å². The van der Waals surface area contributed by atoms with E-state index in [1.165, 1.54) is 12.5 Å². The molecule has 0 aromatic carbocycles. The molecule has 0 amide bonds. The van der Waals surface area contributed by atoms with Crippen molar-refractivity contribution in [3.05, 3.63) is 11.3 Å². The van der Waals surface area contributed by atoms with Gasteiger partial charge in [-0.1, -0.05) is 46.2 Å². The van der Waals surface area contributed by atoms with E-state index in [1.807, 2.05) is 0 Å². The second-order valence-electron chi connectivity index (χ2n) is 4.97. The summed E-state index contributed by atoms with van der Waals surface area (Å²) < 4.78 is 0. The van der Waals surface area contributed by atoms with Gasteiger partial charge in [-0.3, -0.25) is 9.80 Å². The third-order valence-electron chi connectivity index (χ3n) is 3.75. The molecule has 0 heterocycles. The van der Waals surface area contributed by atoms with Crippen LogP contribution in [0.15, 0.2) is 11.3 Å². The van der Waals surface area contributed by atoms with Gasteiger partial charge in [-0.15, -0.1) is 5.70 Å². The van der Waals surface area contributed by atoms with Crippen LogP contribution in [0.3, 0.4) is 0 Å². The number of rotatable bonds is 10. The number of hydrogen-bond donors (Lipinski definition) is 0. The highest BCUT2D eigenvalue weighted by molar-refractivity contribution is 6.42. The van der Waals surface area contributed by atoms with E-state index in [4.69, 9.17) is 0 Å². The lowest BCUT2D eigenvalue weighted by atomic mass is 10.1. The topological polar surface area (TPSA) is 6.48 Å². The van der Waals surface area contributed by atoms with Crippen molar-refractivity contribution >= 4 is 9.52 Å². The SMILES string of the molecule is CC[SiH2]C=C(C)CC(N(CC)CC)N(CC)CC. The molecule has 0 aliphatic carbocycles. The molecule has 0 fully saturated rings. The molecule has 2 nitrogen and oxygen atoms in total. The first-order chi connectivity index (χ1) is 8.64. The maximum atomic E-state index is 2.60. The minimum absolute atomic E-state index is 0.0579. The monoisotopic (exact) mass is 270 g/mol. The van der Waals surface area contributed by atoms with E-state index in [0.29, 0.717) is 6.17 Å². The molecule has 0 bridgehead atoms. The first-order valence-electron chi connectivity index (χ1n) is 7.78. The molecule has 0 spiro atoms. The van der Waals surface area contributed by atoms with Gasteiger partial charge in [-0.25, -0.2) is 0 Å². The van der Waals surface area contributed by atoms with Crippen LogP contribution >= 0.6 is 0 Å². The fourth-order valence-electron chi connectivity index (χ4n) is 2.54. The molecule has 3 heteroatoms. The van der Waals surface area contributed by atoms with E-state index >= 15 is 0 Å². The molecule has 0 aromatic heterocycles. The third-order valence-corrected chi connectivity index (χ3v) is 5.32.